The van der Waals surface area contributed by atoms with E-state index in [1.807, 2.05) is 0 Å². The summed E-state index contributed by atoms with van der Waals surface area (Å²) in [5, 5.41) is 20.1. The minimum Gasteiger partial charge on any atom is -0.480 e. The highest BCUT2D eigenvalue weighted by molar-refractivity contribution is 6.09. The molecule has 2 aromatic carbocycles. The average Bonchev–Trinajstić information content (AvgIpc) is 2.62. The van der Waals surface area contributed by atoms with Crippen molar-refractivity contribution in [1.29, 1.82) is 0 Å². The zero-order valence-corrected chi connectivity index (χ0v) is 13.3. The van der Waals surface area contributed by atoms with Crippen LogP contribution in [0.1, 0.15) is 21.5 Å². The molecule has 0 aliphatic heterocycles. The third kappa shape index (κ3) is 4.65. The van der Waals surface area contributed by atoms with Crippen LogP contribution in [0.15, 0.2) is 48.5 Å². The van der Waals surface area contributed by atoms with E-state index in [2.05, 4.69) is 5.32 Å². The van der Waals surface area contributed by atoms with E-state index in [4.69, 9.17) is 10.8 Å². The Morgan fingerprint density at radius 2 is 1.72 bits per heavy atom. The molecule has 0 saturated heterocycles. The molecule has 0 saturated carbocycles. The number of carboxylic acid groups (broad SMARTS) is 1. The molecular formula is C18H18N2O5. The number of aliphatic carboxylic acids is 1. The van der Waals surface area contributed by atoms with Gasteiger partial charge in [-0.3, -0.25) is 9.59 Å². The lowest BCUT2D eigenvalue weighted by atomic mass is 9.98. The van der Waals surface area contributed by atoms with E-state index in [1.54, 1.807) is 42.5 Å². The Labute approximate surface area is 144 Å². The van der Waals surface area contributed by atoms with Crippen molar-refractivity contribution in [2.24, 2.45) is 0 Å². The number of anilines is 1. The first-order valence-corrected chi connectivity index (χ1v) is 7.53. The maximum atomic E-state index is 12.4. The minimum absolute atomic E-state index is 0.0628. The van der Waals surface area contributed by atoms with Crippen molar-refractivity contribution >= 4 is 23.3 Å². The molecule has 0 bridgehead atoms. The van der Waals surface area contributed by atoms with Crippen LogP contribution in [0.5, 0.6) is 0 Å². The Bertz CT molecular complexity index is 789. The molecule has 25 heavy (non-hydrogen) atoms. The van der Waals surface area contributed by atoms with Gasteiger partial charge < -0.3 is 21.3 Å². The summed E-state index contributed by atoms with van der Waals surface area (Å²) >= 11 is 0. The number of carbonyl (C=O) groups excluding carboxylic acids is 2. The number of carboxylic acids is 1. The average molecular weight is 342 g/mol. The number of benzene rings is 2. The van der Waals surface area contributed by atoms with Crippen molar-refractivity contribution < 1.29 is 24.6 Å². The van der Waals surface area contributed by atoms with Gasteiger partial charge in [-0.15, -0.1) is 0 Å². The lowest BCUT2D eigenvalue weighted by Gasteiger charge is -2.15. The van der Waals surface area contributed by atoms with E-state index >= 15 is 0 Å². The first kappa shape index (κ1) is 18.2. The maximum Gasteiger partial charge on any atom is 0.326 e. The molecule has 1 atom stereocenters. The second-order valence-electron chi connectivity index (χ2n) is 5.43. The van der Waals surface area contributed by atoms with Gasteiger partial charge in [0.2, 0.25) is 5.91 Å². The van der Waals surface area contributed by atoms with E-state index in [-0.39, 0.29) is 17.9 Å². The van der Waals surface area contributed by atoms with Gasteiger partial charge in [0.25, 0.3) is 0 Å². The number of aliphatic hydroxyl groups excluding tert-OH is 1. The van der Waals surface area contributed by atoms with Crippen LogP contribution < -0.4 is 11.1 Å². The molecule has 2 rings (SSSR count). The summed E-state index contributed by atoms with van der Waals surface area (Å²) in [6.45, 7) is -0.802. The molecule has 1 amide bonds. The summed E-state index contributed by atoms with van der Waals surface area (Å²) in [4.78, 5) is 34.8. The van der Waals surface area contributed by atoms with Crippen LogP contribution in [0.2, 0.25) is 0 Å². The molecule has 2 aromatic rings. The number of hydrogen-bond acceptors (Lipinski definition) is 5. The molecule has 0 heterocycles. The number of nitrogens with one attached hydrogen (secondary N) is 1. The fourth-order valence-corrected chi connectivity index (χ4v) is 2.34. The monoisotopic (exact) mass is 342 g/mol. The second-order valence-corrected chi connectivity index (χ2v) is 5.43. The summed E-state index contributed by atoms with van der Waals surface area (Å²) in [6, 6.07) is 12.1. The Balaban J connectivity index is 2.20. The van der Waals surface area contributed by atoms with Crippen LogP contribution in [-0.4, -0.2) is 40.5 Å². The Hall–Kier alpha value is -3.19. The zero-order chi connectivity index (χ0) is 18.4. The smallest absolute Gasteiger partial charge is 0.326 e. The highest BCUT2D eigenvalue weighted by atomic mass is 16.4. The number of amides is 1. The van der Waals surface area contributed by atoms with Gasteiger partial charge in [0.15, 0.2) is 5.78 Å². The summed E-state index contributed by atoms with van der Waals surface area (Å²) in [7, 11) is 0. The first-order chi connectivity index (χ1) is 11.9. The number of aliphatic hydroxyl groups is 1. The number of nitrogen functional groups attached to an aromatic ring is 1. The Kier molecular flexibility index (Phi) is 5.86. The molecular weight excluding hydrogens is 324 g/mol. The molecule has 130 valence electrons. The van der Waals surface area contributed by atoms with E-state index in [0.717, 1.165) is 0 Å². The predicted octanol–water partition coefficient (Wildman–Crippen LogP) is 0.604. The number of hydrogen-bond donors (Lipinski definition) is 4. The molecule has 0 aromatic heterocycles. The van der Waals surface area contributed by atoms with Gasteiger partial charge in [0.05, 0.1) is 0 Å². The van der Waals surface area contributed by atoms with Crippen LogP contribution in [0.25, 0.3) is 0 Å². The molecule has 0 fully saturated rings. The molecule has 7 nitrogen and oxygen atoms in total. The van der Waals surface area contributed by atoms with Gasteiger partial charge in [-0.1, -0.05) is 42.5 Å². The van der Waals surface area contributed by atoms with Crippen molar-refractivity contribution in [3.8, 4) is 0 Å². The van der Waals surface area contributed by atoms with Gasteiger partial charge >= 0.3 is 5.97 Å². The van der Waals surface area contributed by atoms with Gasteiger partial charge in [0.1, 0.15) is 12.6 Å². The number of nitrogens with two attached hydrogens (primary N) is 1. The van der Waals surface area contributed by atoms with E-state index < -0.39 is 24.5 Å². The number of carbonyl (C=O) groups is 3. The molecule has 1 unspecified atom stereocenters. The third-order valence-electron chi connectivity index (χ3n) is 3.64. The van der Waals surface area contributed by atoms with Gasteiger partial charge in [-0.2, -0.15) is 0 Å². The number of rotatable bonds is 7. The molecule has 7 heteroatoms. The van der Waals surface area contributed by atoms with Crippen molar-refractivity contribution in [1.82, 2.24) is 5.32 Å². The van der Waals surface area contributed by atoms with Gasteiger partial charge in [0, 0.05) is 23.2 Å². The Morgan fingerprint density at radius 1 is 1.04 bits per heavy atom. The molecule has 0 spiro atoms. The zero-order valence-electron chi connectivity index (χ0n) is 13.3. The van der Waals surface area contributed by atoms with Crippen molar-refractivity contribution in [3.63, 3.8) is 0 Å². The van der Waals surface area contributed by atoms with Crippen molar-refractivity contribution in [3.05, 3.63) is 65.2 Å². The quantitative estimate of drug-likeness (QED) is 0.431. The second kappa shape index (κ2) is 8.07. The molecule has 0 aliphatic rings. The standard InChI is InChI=1S/C18H18N2O5/c19-14-8-13(17(23)11-4-2-1-3-5-11)7-6-12(14)9-15(18(24)25)20-16(22)10-21/h1-8,15,21H,9-10,19H2,(H,20,22)(H,24,25). The van der Waals surface area contributed by atoms with E-state index in [9.17, 15) is 19.5 Å². The molecule has 0 aliphatic carbocycles. The summed E-state index contributed by atoms with van der Waals surface area (Å²) < 4.78 is 0. The maximum absolute atomic E-state index is 12.4. The lowest BCUT2D eigenvalue weighted by molar-refractivity contribution is -0.142. The van der Waals surface area contributed by atoms with Crippen LogP contribution in [0.4, 0.5) is 5.69 Å². The predicted molar refractivity (Wildman–Crippen MR) is 91.1 cm³/mol. The Morgan fingerprint density at radius 3 is 2.28 bits per heavy atom. The first-order valence-electron chi connectivity index (χ1n) is 7.53. The minimum atomic E-state index is -1.24. The molecule has 5 N–H and O–H groups in total. The van der Waals surface area contributed by atoms with Gasteiger partial charge in [-0.05, 0) is 11.6 Å². The highest BCUT2D eigenvalue weighted by Gasteiger charge is 2.21. The van der Waals surface area contributed by atoms with Crippen molar-refractivity contribution in [2.45, 2.75) is 12.5 Å². The third-order valence-corrected chi connectivity index (χ3v) is 3.64. The SMILES string of the molecule is Nc1cc(C(=O)c2ccccc2)ccc1CC(NC(=O)CO)C(=O)O. The topological polar surface area (TPSA) is 130 Å². The fourth-order valence-electron chi connectivity index (χ4n) is 2.34. The lowest BCUT2D eigenvalue weighted by Crippen LogP contribution is -2.43. The van der Waals surface area contributed by atoms with Gasteiger partial charge in [-0.25, -0.2) is 4.79 Å². The summed E-state index contributed by atoms with van der Waals surface area (Å²) in [6.07, 6.45) is -0.0628. The van der Waals surface area contributed by atoms with E-state index in [0.29, 0.717) is 16.7 Å². The van der Waals surface area contributed by atoms with E-state index in [1.165, 1.54) is 6.07 Å². The van der Waals surface area contributed by atoms with Crippen LogP contribution >= 0.6 is 0 Å². The fraction of sp³-hybridized carbons (Fsp3) is 0.167. The van der Waals surface area contributed by atoms with Crippen LogP contribution in [0.3, 0.4) is 0 Å². The van der Waals surface area contributed by atoms with Crippen LogP contribution in [-0.2, 0) is 16.0 Å². The summed E-state index contributed by atoms with van der Waals surface area (Å²) in [5.74, 6) is -2.23. The number of ketones is 1. The largest absolute Gasteiger partial charge is 0.480 e. The highest BCUT2D eigenvalue weighted by Crippen LogP contribution is 2.19. The van der Waals surface area contributed by atoms with Crippen LogP contribution in [0, 0.1) is 0 Å². The summed E-state index contributed by atoms with van der Waals surface area (Å²) in [5.41, 5.74) is 7.59. The normalized spacial score (nSPS) is 11.6. The molecule has 0 radical (unpaired) electrons. The van der Waals surface area contributed by atoms with Crippen molar-refractivity contribution in [2.75, 3.05) is 12.3 Å².